The second-order valence-corrected chi connectivity index (χ2v) is 5.33. The molecule has 4 nitrogen and oxygen atoms in total. The van der Waals surface area contributed by atoms with Crippen molar-refractivity contribution in [3.63, 3.8) is 0 Å². The van der Waals surface area contributed by atoms with Crippen LogP contribution in [0.2, 0.25) is 0 Å². The molecule has 3 rings (SSSR count). The summed E-state index contributed by atoms with van der Waals surface area (Å²) in [6, 6.07) is 9.66. The monoisotopic (exact) mass is 272 g/mol. The number of ether oxygens (including phenoxy) is 1. The molecule has 1 heterocycles. The van der Waals surface area contributed by atoms with Crippen molar-refractivity contribution in [2.45, 2.75) is 38.4 Å². The molecule has 2 aromatic rings. The first kappa shape index (κ1) is 13.2. The van der Waals surface area contributed by atoms with Crippen LogP contribution in [0.3, 0.4) is 0 Å². The summed E-state index contributed by atoms with van der Waals surface area (Å²) in [6.07, 6.45) is 2.83. The molecule has 1 aliphatic rings. The van der Waals surface area contributed by atoms with Crippen molar-refractivity contribution in [1.82, 2.24) is 9.78 Å². The largest absolute Gasteiger partial charge is 0.490 e. The fourth-order valence-corrected chi connectivity index (χ4v) is 2.28. The highest BCUT2D eigenvalue weighted by molar-refractivity contribution is 5.34. The first-order valence-electron chi connectivity index (χ1n) is 7.15. The molecule has 0 aliphatic heterocycles. The summed E-state index contributed by atoms with van der Waals surface area (Å²) >= 11 is 0. The van der Waals surface area contributed by atoms with Crippen LogP contribution < -0.4 is 4.74 Å². The molecule has 1 atom stereocenters. The third-order valence-electron chi connectivity index (χ3n) is 3.61. The standard InChI is InChI=1S/C16H20N2O2/c1-3-12-10-15(18(2)17-12)16(19)11-5-4-6-14(9-11)20-13-7-8-13/h4-6,9-10,13,16,19H,3,7-8H2,1-2H3. The minimum atomic E-state index is -0.671. The summed E-state index contributed by atoms with van der Waals surface area (Å²) in [5, 5.41) is 14.9. The van der Waals surface area contributed by atoms with Crippen molar-refractivity contribution in [1.29, 1.82) is 0 Å². The number of hydrogen-bond donors (Lipinski definition) is 1. The van der Waals surface area contributed by atoms with Crippen LogP contribution in [0, 0.1) is 0 Å². The van der Waals surface area contributed by atoms with Gasteiger partial charge in [-0.15, -0.1) is 0 Å². The lowest BCUT2D eigenvalue weighted by Gasteiger charge is -2.13. The van der Waals surface area contributed by atoms with Crippen LogP contribution in [-0.2, 0) is 13.5 Å². The maximum absolute atomic E-state index is 10.5. The molecule has 0 spiro atoms. The van der Waals surface area contributed by atoms with E-state index in [2.05, 4.69) is 12.0 Å². The minimum Gasteiger partial charge on any atom is -0.490 e. The summed E-state index contributed by atoms with van der Waals surface area (Å²) in [5.74, 6) is 0.835. The fraction of sp³-hybridized carbons (Fsp3) is 0.438. The van der Waals surface area contributed by atoms with Gasteiger partial charge in [-0.3, -0.25) is 4.68 Å². The Hall–Kier alpha value is -1.81. The van der Waals surface area contributed by atoms with Crippen LogP contribution in [0.1, 0.15) is 42.8 Å². The Morgan fingerprint density at radius 3 is 2.85 bits per heavy atom. The van der Waals surface area contributed by atoms with Crippen molar-refractivity contribution in [2.24, 2.45) is 7.05 Å². The molecule has 0 amide bonds. The van der Waals surface area contributed by atoms with Crippen molar-refractivity contribution in [2.75, 3.05) is 0 Å². The van der Waals surface area contributed by atoms with E-state index in [4.69, 9.17) is 4.74 Å². The minimum absolute atomic E-state index is 0.366. The van der Waals surface area contributed by atoms with Crippen LogP contribution in [0.25, 0.3) is 0 Å². The highest BCUT2D eigenvalue weighted by atomic mass is 16.5. The van der Waals surface area contributed by atoms with Crippen LogP contribution >= 0.6 is 0 Å². The predicted molar refractivity (Wildman–Crippen MR) is 76.7 cm³/mol. The van der Waals surface area contributed by atoms with Gasteiger partial charge in [-0.05, 0) is 43.0 Å². The van der Waals surface area contributed by atoms with Gasteiger partial charge >= 0.3 is 0 Å². The average Bonchev–Trinajstić information content (AvgIpc) is 3.18. The Morgan fingerprint density at radius 2 is 2.20 bits per heavy atom. The fourth-order valence-electron chi connectivity index (χ4n) is 2.28. The van der Waals surface area contributed by atoms with Crippen molar-refractivity contribution in [3.8, 4) is 5.75 Å². The topological polar surface area (TPSA) is 47.3 Å². The number of benzene rings is 1. The maximum Gasteiger partial charge on any atom is 0.121 e. The summed E-state index contributed by atoms with van der Waals surface area (Å²) in [7, 11) is 1.86. The van der Waals surface area contributed by atoms with Crippen molar-refractivity contribution >= 4 is 0 Å². The molecule has 1 fully saturated rings. The van der Waals surface area contributed by atoms with Gasteiger partial charge in [0.2, 0.25) is 0 Å². The molecular formula is C16H20N2O2. The number of rotatable bonds is 5. The third kappa shape index (κ3) is 2.70. The van der Waals surface area contributed by atoms with Gasteiger partial charge in [0.15, 0.2) is 0 Å². The zero-order valence-electron chi connectivity index (χ0n) is 11.9. The number of aromatic nitrogens is 2. The zero-order valence-corrected chi connectivity index (χ0v) is 11.9. The van der Waals surface area contributed by atoms with Gasteiger partial charge in [-0.1, -0.05) is 19.1 Å². The van der Waals surface area contributed by atoms with Crippen LogP contribution in [0.5, 0.6) is 5.75 Å². The summed E-state index contributed by atoms with van der Waals surface area (Å²) in [5.41, 5.74) is 2.64. The number of aliphatic hydroxyl groups excluding tert-OH is 1. The van der Waals surface area contributed by atoms with Crippen LogP contribution in [-0.4, -0.2) is 21.0 Å². The predicted octanol–water partition coefficient (Wildman–Crippen LogP) is 2.61. The lowest BCUT2D eigenvalue weighted by molar-refractivity contribution is 0.208. The van der Waals surface area contributed by atoms with Gasteiger partial charge < -0.3 is 9.84 Å². The quantitative estimate of drug-likeness (QED) is 0.910. The number of nitrogens with zero attached hydrogens (tertiary/aromatic N) is 2. The molecule has 1 unspecified atom stereocenters. The van der Waals surface area contributed by atoms with E-state index in [1.54, 1.807) is 4.68 Å². The second-order valence-electron chi connectivity index (χ2n) is 5.33. The molecule has 1 aromatic heterocycles. The van der Waals surface area contributed by atoms with E-state index < -0.39 is 6.10 Å². The molecule has 1 aliphatic carbocycles. The normalized spacial score (nSPS) is 16.1. The van der Waals surface area contributed by atoms with Gasteiger partial charge in [0.25, 0.3) is 0 Å². The van der Waals surface area contributed by atoms with Crippen molar-refractivity contribution < 1.29 is 9.84 Å². The molecule has 4 heteroatoms. The van der Waals surface area contributed by atoms with Gasteiger partial charge in [0, 0.05) is 7.05 Å². The van der Waals surface area contributed by atoms with E-state index in [1.165, 1.54) is 0 Å². The molecule has 1 saturated carbocycles. The Balaban J connectivity index is 1.84. The first-order valence-corrected chi connectivity index (χ1v) is 7.15. The smallest absolute Gasteiger partial charge is 0.121 e. The molecule has 0 bridgehead atoms. The maximum atomic E-state index is 10.5. The average molecular weight is 272 g/mol. The Morgan fingerprint density at radius 1 is 1.40 bits per heavy atom. The molecule has 1 aromatic carbocycles. The van der Waals surface area contributed by atoms with Gasteiger partial charge in [0.05, 0.1) is 17.5 Å². The van der Waals surface area contributed by atoms with E-state index in [0.717, 1.165) is 42.0 Å². The number of hydrogen-bond acceptors (Lipinski definition) is 3. The van der Waals surface area contributed by atoms with E-state index in [1.807, 2.05) is 37.4 Å². The van der Waals surface area contributed by atoms with Crippen LogP contribution in [0.15, 0.2) is 30.3 Å². The highest BCUT2D eigenvalue weighted by Gasteiger charge is 2.24. The molecule has 106 valence electrons. The molecule has 0 saturated heterocycles. The molecule has 0 radical (unpaired) electrons. The Kier molecular flexibility index (Phi) is 3.49. The van der Waals surface area contributed by atoms with Gasteiger partial charge in [-0.25, -0.2) is 0 Å². The van der Waals surface area contributed by atoms with Gasteiger partial charge in [-0.2, -0.15) is 5.10 Å². The first-order chi connectivity index (χ1) is 9.67. The molecule has 20 heavy (non-hydrogen) atoms. The molecule has 1 N–H and O–H groups in total. The molecular weight excluding hydrogens is 252 g/mol. The van der Waals surface area contributed by atoms with E-state index in [0.29, 0.717) is 6.10 Å². The second kappa shape index (κ2) is 5.29. The number of aliphatic hydroxyl groups is 1. The third-order valence-corrected chi connectivity index (χ3v) is 3.61. The van der Waals surface area contributed by atoms with Gasteiger partial charge in [0.1, 0.15) is 11.9 Å². The van der Waals surface area contributed by atoms with Crippen molar-refractivity contribution in [3.05, 3.63) is 47.3 Å². The SMILES string of the molecule is CCc1cc(C(O)c2cccc(OC3CC3)c2)n(C)n1. The number of aryl methyl sites for hydroxylation is 2. The highest BCUT2D eigenvalue weighted by Crippen LogP contribution is 2.30. The zero-order chi connectivity index (χ0) is 14.1. The van der Waals surface area contributed by atoms with E-state index >= 15 is 0 Å². The summed E-state index contributed by atoms with van der Waals surface area (Å²) in [4.78, 5) is 0. The summed E-state index contributed by atoms with van der Waals surface area (Å²) < 4.78 is 7.52. The Bertz CT molecular complexity index is 602. The van der Waals surface area contributed by atoms with E-state index in [-0.39, 0.29) is 0 Å². The van der Waals surface area contributed by atoms with E-state index in [9.17, 15) is 5.11 Å². The lowest BCUT2D eigenvalue weighted by Crippen LogP contribution is -2.07. The van der Waals surface area contributed by atoms with Crippen LogP contribution in [0.4, 0.5) is 0 Å². The summed E-state index contributed by atoms with van der Waals surface area (Å²) in [6.45, 7) is 2.06. The Labute approximate surface area is 119 Å². The lowest BCUT2D eigenvalue weighted by atomic mass is 10.1.